The van der Waals surface area contributed by atoms with E-state index in [1.165, 1.54) is 11.1 Å². The van der Waals surface area contributed by atoms with Gasteiger partial charge in [0.05, 0.1) is 19.2 Å². The first kappa shape index (κ1) is 68.3. The third-order valence-electron chi connectivity index (χ3n) is 4.18. The Bertz CT molecular complexity index is 1120. The maximum Gasteiger partial charge on any atom is 1.00 e. The number of aliphatic hydroxyl groups excluding tert-OH is 6. The fourth-order valence-electron chi connectivity index (χ4n) is 2.16. The second-order valence-electron chi connectivity index (χ2n) is 7.56. The van der Waals surface area contributed by atoms with E-state index in [2.05, 4.69) is 58.4 Å². The first-order valence-electron chi connectivity index (χ1n) is 11.2. The molecule has 8 N–H and O–H groups in total. The van der Waals surface area contributed by atoms with Gasteiger partial charge in [-0.1, -0.05) is 0 Å². The molecule has 23 heteroatoms. The number of carboxylic acids is 2. The molecule has 0 aromatic heterocycles. The predicted molar refractivity (Wildman–Crippen MR) is 134 cm³/mol. The van der Waals surface area contributed by atoms with Crippen LogP contribution < -0.4 is 193 Å². The molecule has 0 aliphatic rings. The Morgan fingerprint density at radius 2 is 0.979 bits per heavy atom. The van der Waals surface area contributed by atoms with Gasteiger partial charge in [0, 0.05) is 28.8 Å². The number of rotatable bonds is 10. The molecule has 0 saturated heterocycles. The molecular weight excluding hydrogens is 751 g/mol. The minimum absolute atomic E-state index is 0. The van der Waals surface area contributed by atoms with Crippen LogP contribution >= 0.6 is 0 Å². The topological polar surface area (TPSA) is 308 Å². The van der Waals surface area contributed by atoms with Crippen molar-refractivity contribution >= 4 is 32.2 Å². The van der Waals surface area contributed by atoms with Gasteiger partial charge in [0.2, 0.25) is 0 Å². The Morgan fingerprint density at radius 3 is 1.17 bits per heavy atom. The van der Waals surface area contributed by atoms with Gasteiger partial charge in [-0.15, -0.1) is 0 Å². The zero-order valence-electron chi connectivity index (χ0n) is 27.2. The van der Waals surface area contributed by atoms with Gasteiger partial charge < -0.3 is 65.3 Å². The molecule has 0 fully saturated rings. The second kappa shape index (κ2) is 42.0. The molecule has 0 spiro atoms. The molecule has 2 aromatic rings. The van der Waals surface area contributed by atoms with Crippen molar-refractivity contribution in [2.45, 2.75) is 36.9 Å². The van der Waals surface area contributed by atoms with Crippen molar-refractivity contribution in [1.29, 1.82) is 0 Å². The summed E-state index contributed by atoms with van der Waals surface area (Å²) in [6, 6.07) is 19.4. The number of hydrogen-bond acceptors (Lipinski definition) is 15. The molecule has 0 saturated carbocycles. The zero-order chi connectivity index (χ0) is 32.0. The van der Waals surface area contributed by atoms with Gasteiger partial charge in [-0.05, 0) is 0 Å². The Hall–Kier alpha value is 3.23. The summed E-state index contributed by atoms with van der Waals surface area (Å²) >= 11 is 0.707. The number of nitrogens with two attached hydrogens (primary N) is 1. The molecular formula is C24H31MnNNa6O14S. The molecule has 0 bridgehead atoms. The third-order valence-corrected chi connectivity index (χ3v) is 5.36. The minimum Gasteiger partial charge on any atom is 1.00 e. The van der Waals surface area contributed by atoms with E-state index in [0.717, 1.165) is 0 Å². The van der Waals surface area contributed by atoms with Crippen LogP contribution in [0.4, 0.5) is 0 Å². The Labute approximate surface area is 412 Å². The maximum absolute atomic E-state index is 9.71. The van der Waals surface area contributed by atoms with Crippen molar-refractivity contribution in [2.75, 3.05) is 13.2 Å². The van der Waals surface area contributed by atoms with E-state index in [1.54, 1.807) is 0 Å². The summed E-state index contributed by atoms with van der Waals surface area (Å²) in [6.45, 7) is -1.45. The van der Waals surface area contributed by atoms with Crippen LogP contribution in [-0.4, -0.2) is 114 Å². The molecule has 15 nitrogen and oxygen atoms in total. The van der Waals surface area contributed by atoms with E-state index in [4.69, 9.17) is 53.9 Å². The maximum atomic E-state index is 9.71. The van der Waals surface area contributed by atoms with Crippen LogP contribution in [0, 0.1) is 0 Å². The molecule has 0 unspecified atom stereocenters. The summed E-state index contributed by atoms with van der Waals surface area (Å²) in [6.07, 6.45) is -7.10. The summed E-state index contributed by atoms with van der Waals surface area (Å²) < 4.78 is 34.1. The molecule has 0 amide bonds. The smallest absolute Gasteiger partial charge is 1.00 e. The summed E-state index contributed by atoms with van der Waals surface area (Å²) in [4.78, 5) is 23.9. The van der Waals surface area contributed by atoms with Gasteiger partial charge in [-0.3, -0.25) is 8.42 Å². The predicted octanol–water partition coefficient (Wildman–Crippen LogP) is -23.9. The molecule has 0 heterocycles. The summed E-state index contributed by atoms with van der Waals surface area (Å²) in [5, 5.41) is 71.5. The van der Waals surface area contributed by atoms with Gasteiger partial charge in [0.25, 0.3) is 0 Å². The average Bonchev–Trinajstić information content (AvgIpc) is 2.92. The van der Waals surface area contributed by atoms with Gasteiger partial charge >= 0.3 is 273 Å². The molecule has 2 aromatic carbocycles. The zero-order valence-corrected chi connectivity index (χ0v) is 41.2. The van der Waals surface area contributed by atoms with E-state index in [1.807, 2.05) is 12.1 Å². The van der Waals surface area contributed by atoms with Crippen LogP contribution in [0.3, 0.4) is 0 Å². The van der Waals surface area contributed by atoms with Crippen LogP contribution in [0.15, 0.2) is 60.7 Å². The van der Waals surface area contributed by atoms with E-state index in [9.17, 15) is 19.8 Å². The number of carbonyl (C=O) groups excluding carboxylic acids is 2. The van der Waals surface area contributed by atoms with Crippen molar-refractivity contribution in [3.05, 3.63) is 71.8 Å². The van der Waals surface area contributed by atoms with E-state index >= 15 is 0 Å². The van der Waals surface area contributed by atoms with E-state index < -0.39 is 72.4 Å². The SMILES string of the molecule is N[C@@H](CC(=O)[O-])C(=O)[O-].O=S(=O)([O-])[O-].OC[C@@H](O)[C@@H](O)[C@H](O)[C@@H](O)CO.[CH](=[Mn-2]=[CH]c1ccccc1)c1ccccc1.[Na+].[Na+].[Na+].[Na+].[Na+].[Na+]. The summed E-state index contributed by atoms with van der Waals surface area (Å²) in [7, 11) is -5.17. The van der Waals surface area contributed by atoms with Crippen molar-refractivity contribution in [2.24, 2.45) is 5.73 Å². The van der Waals surface area contributed by atoms with Gasteiger partial charge in [0.15, 0.2) is 0 Å². The third kappa shape index (κ3) is 45.3. The molecule has 0 radical (unpaired) electrons. The fourth-order valence-corrected chi connectivity index (χ4v) is 3.17. The Kier molecular flexibility index (Phi) is 61.0. The molecule has 235 valence electrons. The van der Waals surface area contributed by atoms with E-state index in [-0.39, 0.29) is 177 Å². The summed E-state index contributed by atoms with van der Waals surface area (Å²) in [5.74, 6) is -3.08. The molecule has 0 aliphatic heterocycles. The van der Waals surface area contributed by atoms with Crippen molar-refractivity contribution < 1.29 is 259 Å². The quantitative estimate of drug-likeness (QED) is 0.0669. The van der Waals surface area contributed by atoms with Crippen LogP contribution in [0.25, 0.3) is 0 Å². The molecule has 47 heavy (non-hydrogen) atoms. The standard InChI is InChI=1S/2C7H6.C6H14O6.C4H7NO4.Mn.6Na.H2O4S/c2*1-7-5-3-2-4-6-7;7-1-3(9)5(11)6(12)4(10)2-8;5-2(4(8)9)1-3(6)7;;;;;;;;1-5(2,3)4/h2*1-6H;3-12H,1-2H2;2H,1,5H2,(H,6,7)(H,8,9);;;;;;;;(H2,1,2,3,4)/q;;;;-2;6*+1;/p-4/t;;3-,4+,5-,6-;2-;;;;;;;;/m..10......../s1. The average molecular weight is 782 g/mol. The number of benzene rings is 2. The fraction of sp³-hybridized carbons (Fsp3) is 0.333. The van der Waals surface area contributed by atoms with Crippen LogP contribution in [-0.2, 0) is 34.1 Å². The van der Waals surface area contributed by atoms with Crippen LogP contribution in [0.5, 0.6) is 0 Å². The van der Waals surface area contributed by atoms with Crippen LogP contribution in [0.1, 0.15) is 17.5 Å². The molecule has 5 atom stereocenters. The van der Waals surface area contributed by atoms with Crippen molar-refractivity contribution in [1.82, 2.24) is 0 Å². The first-order chi connectivity index (χ1) is 19.0. The Morgan fingerprint density at radius 1 is 0.702 bits per heavy atom. The van der Waals surface area contributed by atoms with E-state index in [0.29, 0.717) is 14.1 Å². The summed E-state index contributed by atoms with van der Waals surface area (Å²) in [5.41, 5.74) is 7.33. The van der Waals surface area contributed by atoms with Crippen LogP contribution in [0.2, 0.25) is 0 Å². The van der Waals surface area contributed by atoms with Gasteiger partial charge in [-0.25, -0.2) is 0 Å². The van der Waals surface area contributed by atoms with Gasteiger partial charge in [-0.2, -0.15) is 0 Å². The second-order valence-corrected chi connectivity index (χ2v) is 9.45. The van der Waals surface area contributed by atoms with Crippen molar-refractivity contribution in [3.63, 3.8) is 0 Å². The normalized spacial score (nSPS) is 12.2. The Balaban J connectivity index is -0.0000000728. The largest absolute Gasteiger partial charge is 1.00 e. The number of aliphatic carboxylic acids is 2. The monoisotopic (exact) mass is 782 g/mol. The van der Waals surface area contributed by atoms with Crippen molar-refractivity contribution in [3.8, 4) is 0 Å². The molecule has 0 aliphatic carbocycles. The minimum atomic E-state index is -5.17. The van der Waals surface area contributed by atoms with Gasteiger partial charge in [0.1, 0.15) is 24.4 Å². The molecule has 2 rings (SSSR count). The number of carboxylic acid groups (broad SMARTS) is 2. The first-order valence-corrected chi connectivity index (χ1v) is 13.9. The number of hydrogen-bond donors (Lipinski definition) is 7. The number of carbonyl (C=O) groups is 2. The number of aliphatic hydroxyl groups is 6.